The summed E-state index contributed by atoms with van der Waals surface area (Å²) in [6, 6.07) is 8.64. The number of benzene rings is 1. The molecule has 0 radical (unpaired) electrons. The lowest BCUT2D eigenvalue weighted by molar-refractivity contribution is -0.154. The van der Waals surface area contributed by atoms with Crippen LogP contribution in [-0.4, -0.2) is 70.1 Å². The molecular formula is C22H27BrN2O6. The molecular weight excluding hydrogens is 468 g/mol. The highest BCUT2D eigenvalue weighted by atomic mass is 79.9. The minimum Gasteiger partial charge on any atom is -0.466 e. The van der Waals surface area contributed by atoms with Gasteiger partial charge in [-0.3, -0.25) is 14.4 Å². The van der Waals surface area contributed by atoms with Gasteiger partial charge in [-0.1, -0.05) is 46.3 Å². The number of likely N-dealkylation sites (tertiary alicyclic amines) is 1. The number of fused-ring (bicyclic) bond motifs is 1. The molecule has 3 aliphatic rings. The third-order valence-corrected chi connectivity index (χ3v) is 7.31. The number of nitrogens with one attached hydrogen (secondary N) is 1. The van der Waals surface area contributed by atoms with Crippen LogP contribution in [0, 0.1) is 11.8 Å². The molecule has 0 aromatic heterocycles. The van der Waals surface area contributed by atoms with Crippen LogP contribution in [0.3, 0.4) is 0 Å². The Bertz CT molecular complexity index is 852. The van der Waals surface area contributed by atoms with E-state index < -0.39 is 35.6 Å². The fourth-order valence-electron chi connectivity index (χ4n) is 5.30. The number of esters is 1. The van der Waals surface area contributed by atoms with Crippen molar-refractivity contribution in [2.45, 2.75) is 48.9 Å². The third kappa shape index (κ3) is 3.66. The molecule has 6 atom stereocenters. The molecule has 8 nitrogen and oxygen atoms in total. The average Bonchev–Trinajstić information content (AvgIpc) is 3.35. The maximum absolute atomic E-state index is 13.5. The highest BCUT2D eigenvalue weighted by molar-refractivity contribution is 9.09. The normalized spacial score (nSPS) is 33.5. The van der Waals surface area contributed by atoms with Crippen LogP contribution < -0.4 is 5.32 Å². The molecule has 3 unspecified atom stereocenters. The van der Waals surface area contributed by atoms with Gasteiger partial charge in [-0.2, -0.15) is 0 Å². The minimum atomic E-state index is -1.09. The van der Waals surface area contributed by atoms with Gasteiger partial charge in [-0.25, -0.2) is 0 Å². The van der Waals surface area contributed by atoms with E-state index in [0.717, 1.165) is 5.56 Å². The molecule has 3 heterocycles. The molecule has 2 bridgehead atoms. The Balaban J connectivity index is 1.64. The summed E-state index contributed by atoms with van der Waals surface area (Å²) < 4.78 is 11.6. The maximum atomic E-state index is 13.5. The van der Waals surface area contributed by atoms with Crippen LogP contribution in [0.1, 0.15) is 25.3 Å². The van der Waals surface area contributed by atoms with Crippen molar-refractivity contribution in [3.63, 3.8) is 0 Å². The molecule has 9 heteroatoms. The minimum absolute atomic E-state index is 0.105. The van der Waals surface area contributed by atoms with E-state index in [4.69, 9.17) is 9.47 Å². The van der Waals surface area contributed by atoms with E-state index in [1.165, 1.54) is 4.90 Å². The fourth-order valence-corrected chi connectivity index (χ4v) is 6.24. The van der Waals surface area contributed by atoms with Gasteiger partial charge in [0, 0.05) is 24.5 Å². The molecule has 3 saturated heterocycles. The highest BCUT2D eigenvalue weighted by Crippen LogP contribution is 2.60. The lowest BCUT2D eigenvalue weighted by Gasteiger charge is -2.34. The molecule has 4 rings (SSSR count). The van der Waals surface area contributed by atoms with Gasteiger partial charge in [-0.15, -0.1) is 0 Å². The molecule has 2 amide bonds. The van der Waals surface area contributed by atoms with Crippen molar-refractivity contribution >= 4 is 33.7 Å². The number of aliphatic hydroxyl groups excluding tert-OH is 1. The first-order valence-electron chi connectivity index (χ1n) is 10.7. The lowest BCUT2D eigenvalue weighted by Crippen LogP contribution is -2.55. The number of nitrogens with zero attached hydrogens (tertiary/aromatic N) is 1. The van der Waals surface area contributed by atoms with Crippen molar-refractivity contribution in [2.75, 3.05) is 19.8 Å². The van der Waals surface area contributed by atoms with Gasteiger partial charge in [0.05, 0.1) is 24.5 Å². The van der Waals surface area contributed by atoms with Gasteiger partial charge in [0.1, 0.15) is 11.6 Å². The van der Waals surface area contributed by atoms with Crippen molar-refractivity contribution in [2.24, 2.45) is 11.8 Å². The smallest absolute Gasteiger partial charge is 0.312 e. The quantitative estimate of drug-likeness (QED) is 0.412. The zero-order chi connectivity index (χ0) is 22.2. The van der Waals surface area contributed by atoms with Gasteiger partial charge in [0.2, 0.25) is 11.8 Å². The number of amides is 2. The molecule has 3 fully saturated rings. The van der Waals surface area contributed by atoms with Crippen molar-refractivity contribution in [3.8, 4) is 0 Å². The zero-order valence-corrected chi connectivity index (χ0v) is 18.9. The number of ether oxygens (including phenoxy) is 2. The number of carbonyl (C=O) groups excluding carboxylic acids is 3. The molecule has 0 saturated carbocycles. The molecule has 168 valence electrons. The van der Waals surface area contributed by atoms with E-state index in [-0.39, 0.29) is 36.4 Å². The summed E-state index contributed by atoms with van der Waals surface area (Å²) in [6.45, 7) is 2.36. The summed E-state index contributed by atoms with van der Waals surface area (Å²) >= 11 is 3.60. The maximum Gasteiger partial charge on any atom is 0.312 e. The number of halogens is 1. The largest absolute Gasteiger partial charge is 0.466 e. The van der Waals surface area contributed by atoms with E-state index in [9.17, 15) is 19.5 Å². The van der Waals surface area contributed by atoms with Gasteiger partial charge in [0.25, 0.3) is 0 Å². The SMILES string of the molecule is CCOC(=O)[C@H]1[C@@H]2OC3(CC2Br)C(C(=O)NCc2ccccc2)N(CCCO)C(=O)[C@H]13. The second-order valence-corrected chi connectivity index (χ2v) is 9.40. The molecule has 1 aromatic rings. The van der Waals surface area contributed by atoms with Crippen LogP contribution in [0.15, 0.2) is 30.3 Å². The summed E-state index contributed by atoms with van der Waals surface area (Å²) in [7, 11) is 0. The van der Waals surface area contributed by atoms with Crippen LogP contribution in [0.5, 0.6) is 0 Å². The molecule has 3 aliphatic heterocycles. The molecule has 0 aliphatic carbocycles. The standard InChI is InChI=1S/C22H27BrN2O6/c1-2-30-21(29)15-16-20(28)25(9-6-10-26)18(22(16)11-14(23)17(15)31-22)19(27)24-12-13-7-4-3-5-8-13/h3-5,7-8,14-18,26H,2,6,9-12H2,1H3,(H,24,27)/t14?,15-,16+,17-,18?,22?/m1/s1. The van der Waals surface area contributed by atoms with Crippen LogP contribution >= 0.6 is 15.9 Å². The number of carbonyl (C=O) groups is 3. The number of hydrogen-bond donors (Lipinski definition) is 2. The molecule has 31 heavy (non-hydrogen) atoms. The molecule has 1 spiro atoms. The third-order valence-electron chi connectivity index (χ3n) is 6.46. The van der Waals surface area contributed by atoms with Gasteiger partial charge >= 0.3 is 5.97 Å². The Hall–Kier alpha value is -1.97. The predicted octanol–water partition coefficient (Wildman–Crippen LogP) is 0.996. The van der Waals surface area contributed by atoms with Crippen LogP contribution in [0.2, 0.25) is 0 Å². The van der Waals surface area contributed by atoms with E-state index in [1.807, 2.05) is 30.3 Å². The topological polar surface area (TPSA) is 105 Å². The zero-order valence-electron chi connectivity index (χ0n) is 17.3. The summed E-state index contributed by atoms with van der Waals surface area (Å²) in [5.74, 6) is -2.59. The Labute approximate surface area is 189 Å². The fraction of sp³-hybridized carbons (Fsp3) is 0.591. The van der Waals surface area contributed by atoms with Crippen molar-refractivity contribution < 1.29 is 29.0 Å². The Morgan fingerprint density at radius 2 is 2.10 bits per heavy atom. The second-order valence-electron chi connectivity index (χ2n) is 8.23. The van der Waals surface area contributed by atoms with E-state index in [1.54, 1.807) is 6.92 Å². The van der Waals surface area contributed by atoms with Crippen molar-refractivity contribution in [1.82, 2.24) is 10.2 Å². The summed E-state index contributed by atoms with van der Waals surface area (Å²) in [6.07, 6.45) is 0.267. The summed E-state index contributed by atoms with van der Waals surface area (Å²) in [5, 5.41) is 12.3. The number of rotatable bonds is 8. The van der Waals surface area contributed by atoms with Gasteiger partial charge < -0.3 is 24.8 Å². The van der Waals surface area contributed by atoms with E-state index in [2.05, 4.69) is 21.2 Å². The average molecular weight is 495 g/mol. The second kappa shape index (κ2) is 8.88. The number of aliphatic hydroxyl groups is 1. The van der Waals surface area contributed by atoms with E-state index >= 15 is 0 Å². The number of alkyl halides is 1. The number of hydrogen-bond acceptors (Lipinski definition) is 6. The van der Waals surface area contributed by atoms with Gasteiger partial charge in [-0.05, 0) is 25.3 Å². The molecule has 2 N–H and O–H groups in total. The Morgan fingerprint density at radius 1 is 1.35 bits per heavy atom. The Kier molecular flexibility index (Phi) is 6.37. The van der Waals surface area contributed by atoms with Crippen LogP contribution in [-0.2, 0) is 30.4 Å². The molecule has 1 aromatic carbocycles. The highest BCUT2D eigenvalue weighted by Gasteiger charge is 2.76. The van der Waals surface area contributed by atoms with Gasteiger partial charge in [0.15, 0.2) is 0 Å². The summed E-state index contributed by atoms with van der Waals surface area (Å²) in [5.41, 5.74) is -0.153. The summed E-state index contributed by atoms with van der Waals surface area (Å²) in [4.78, 5) is 40.9. The van der Waals surface area contributed by atoms with Crippen LogP contribution in [0.4, 0.5) is 0 Å². The van der Waals surface area contributed by atoms with Crippen molar-refractivity contribution in [1.29, 1.82) is 0 Å². The first-order chi connectivity index (χ1) is 14.9. The predicted molar refractivity (Wildman–Crippen MR) is 114 cm³/mol. The first-order valence-corrected chi connectivity index (χ1v) is 11.6. The van der Waals surface area contributed by atoms with E-state index in [0.29, 0.717) is 19.4 Å². The first kappa shape index (κ1) is 22.2. The van der Waals surface area contributed by atoms with Crippen molar-refractivity contribution in [3.05, 3.63) is 35.9 Å². The van der Waals surface area contributed by atoms with Crippen LogP contribution in [0.25, 0.3) is 0 Å². The lowest BCUT2D eigenvalue weighted by atomic mass is 9.70. The monoisotopic (exact) mass is 494 g/mol. The Morgan fingerprint density at radius 3 is 2.77 bits per heavy atom.